The summed E-state index contributed by atoms with van der Waals surface area (Å²) < 4.78 is 31.5. The Morgan fingerprint density at radius 3 is 2.80 bits per heavy atom. The number of rotatable bonds is 4. The van der Waals surface area contributed by atoms with Gasteiger partial charge in [0.25, 0.3) is 6.43 Å². The minimum absolute atomic E-state index is 0.0000463. The lowest BCUT2D eigenvalue weighted by atomic mass is 9.96. The molecule has 0 radical (unpaired) electrons. The molecule has 0 bridgehead atoms. The maximum atomic E-state index is 12.9. The number of halogens is 2. The molecule has 1 aliphatic heterocycles. The van der Waals surface area contributed by atoms with Crippen LogP contribution < -0.4 is 5.73 Å². The summed E-state index contributed by atoms with van der Waals surface area (Å²) in [4.78, 5) is 2.38. The number of alkyl halides is 2. The van der Waals surface area contributed by atoms with E-state index in [4.69, 9.17) is 10.5 Å². The van der Waals surface area contributed by atoms with Crippen molar-refractivity contribution in [2.75, 3.05) is 19.7 Å². The molecule has 20 heavy (non-hydrogen) atoms. The van der Waals surface area contributed by atoms with Gasteiger partial charge in [0.05, 0.1) is 18.8 Å². The van der Waals surface area contributed by atoms with Crippen LogP contribution >= 0.6 is 0 Å². The molecule has 2 atom stereocenters. The van der Waals surface area contributed by atoms with Gasteiger partial charge in [0.2, 0.25) is 0 Å². The van der Waals surface area contributed by atoms with Gasteiger partial charge in [0.1, 0.15) is 0 Å². The highest BCUT2D eigenvalue weighted by molar-refractivity contribution is 5.28. The van der Waals surface area contributed by atoms with Crippen LogP contribution in [0.15, 0.2) is 24.3 Å². The Kier molecular flexibility index (Phi) is 4.01. The van der Waals surface area contributed by atoms with E-state index in [2.05, 4.69) is 4.90 Å². The van der Waals surface area contributed by atoms with Gasteiger partial charge in [-0.2, -0.15) is 0 Å². The number of nitrogens with two attached hydrogens (primary N) is 1. The molecule has 3 rings (SSSR count). The number of nitrogens with zero attached hydrogens (tertiary/aromatic N) is 1. The smallest absolute Gasteiger partial charge is 0.263 e. The lowest BCUT2D eigenvalue weighted by molar-refractivity contribution is -0.0713. The molecule has 2 unspecified atom stereocenters. The maximum Gasteiger partial charge on any atom is 0.263 e. The van der Waals surface area contributed by atoms with Crippen molar-refractivity contribution in [2.24, 2.45) is 5.73 Å². The van der Waals surface area contributed by atoms with Crippen molar-refractivity contribution < 1.29 is 13.5 Å². The van der Waals surface area contributed by atoms with Gasteiger partial charge in [-0.1, -0.05) is 18.2 Å². The van der Waals surface area contributed by atoms with Crippen molar-refractivity contribution in [3.05, 3.63) is 35.4 Å². The number of hydrogen-bond acceptors (Lipinski definition) is 3. The summed E-state index contributed by atoms with van der Waals surface area (Å²) in [7, 11) is 0. The van der Waals surface area contributed by atoms with E-state index in [1.807, 2.05) is 6.07 Å². The van der Waals surface area contributed by atoms with Crippen LogP contribution in [0.25, 0.3) is 0 Å². The molecular weight excluding hydrogens is 262 g/mol. The summed E-state index contributed by atoms with van der Waals surface area (Å²) in [6.07, 6.45) is -0.188. The molecule has 0 spiro atoms. The molecule has 0 aromatic heterocycles. The molecular formula is C15H20F2N2O. The highest BCUT2D eigenvalue weighted by Gasteiger charge is 2.40. The van der Waals surface area contributed by atoms with Crippen molar-refractivity contribution in [3.63, 3.8) is 0 Å². The standard InChI is InChI=1S/C15H20F2N2O/c16-15(17)11-3-1-2-10(8-11)14-13(9-18)20-7-6-19(14)12-4-5-12/h1-3,8,12-15H,4-7,9,18H2. The number of hydrogen-bond donors (Lipinski definition) is 1. The SMILES string of the molecule is NCC1OCCN(C2CC2)C1c1cccc(C(F)F)c1. The quantitative estimate of drug-likeness (QED) is 0.922. The largest absolute Gasteiger partial charge is 0.374 e. The van der Waals surface area contributed by atoms with Crippen molar-refractivity contribution >= 4 is 0 Å². The monoisotopic (exact) mass is 282 g/mol. The second-order valence-electron chi connectivity index (χ2n) is 5.53. The van der Waals surface area contributed by atoms with Gasteiger partial charge in [-0.05, 0) is 24.5 Å². The fourth-order valence-electron chi connectivity index (χ4n) is 3.05. The van der Waals surface area contributed by atoms with Crippen molar-refractivity contribution in [2.45, 2.75) is 37.5 Å². The summed E-state index contributed by atoms with van der Waals surface area (Å²) in [6, 6.07) is 7.24. The van der Waals surface area contributed by atoms with Crippen LogP contribution in [0, 0.1) is 0 Å². The second-order valence-corrected chi connectivity index (χ2v) is 5.53. The number of benzene rings is 1. The molecule has 1 saturated heterocycles. The zero-order valence-corrected chi connectivity index (χ0v) is 11.3. The first-order valence-electron chi connectivity index (χ1n) is 7.16. The average Bonchev–Trinajstić information content (AvgIpc) is 3.31. The van der Waals surface area contributed by atoms with Gasteiger partial charge >= 0.3 is 0 Å². The molecule has 1 aromatic carbocycles. The van der Waals surface area contributed by atoms with Crippen molar-refractivity contribution in [3.8, 4) is 0 Å². The molecule has 1 heterocycles. The molecule has 1 aromatic rings. The van der Waals surface area contributed by atoms with E-state index in [1.54, 1.807) is 12.1 Å². The van der Waals surface area contributed by atoms with Gasteiger partial charge in [0.15, 0.2) is 0 Å². The number of morpholine rings is 1. The minimum Gasteiger partial charge on any atom is -0.374 e. The summed E-state index contributed by atoms with van der Waals surface area (Å²) in [5, 5.41) is 0. The van der Waals surface area contributed by atoms with E-state index in [0.717, 1.165) is 12.1 Å². The van der Waals surface area contributed by atoms with Gasteiger partial charge in [-0.25, -0.2) is 8.78 Å². The summed E-state index contributed by atoms with van der Waals surface area (Å²) in [5.41, 5.74) is 6.77. The Morgan fingerprint density at radius 2 is 2.15 bits per heavy atom. The molecule has 2 N–H and O–H groups in total. The van der Waals surface area contributed by atoms with E-state index >= 15 is 0 Å². The first-order chi connectivity index (χ1) is 9.70. The molecule has 110 valence electrons. The van der Waals surface area contributed by atoms with E-state index in [0.29, 0.717) is 19.2 Å². The van der Waals surface area contributed by atoms with E-state index in [-0.39, 0.29) is 17.7 Å². The van der Waals surface area contributed by atoms with Crippen LogP contribution in [0.2, 0.25) is 0 Å². The van der Waals surface area contributed by atoms with E-state index in [9.17, 15) is 8.78 Å². The van der Waals surface area contributed by atoms with Crippen LogP contribution in [0.4, 0.5) is 8.78 Å². The summed E-state index contributed by atoms with van der Waals surface area (Å²) >= 11 is 0. The van der Waals surface area contributed by atoms with Crippen LogP contribution in [-0.2, 0) is 4.74 Å². The predicted octanol–water partition coefficient (Wildman–Crippen LogP) is 2.49. The lowest BCUT2D eigenvalue weighted by Gasteiger charge is -2.41. The molecule has 0 amide bonds. The Morgan fingerprint density at radius 1 is 1.35 bits per heavy atom. The van der Waals surface area contributed by atoms with Gasteiger partial charge in [0, 0.05) is 24.7 Å². The Bertz CT molecular complexity index is 465. The topological polar surface area (TPSA) is 38.5 Å². The fraction of sp³-hybridized carbons (Fsp3) is 0.600. The van der Waals surface area contributed by atoms with Gasteiger partial charge in [-0.3, -0.25) is 4.90 Å². The van der Waals surface area contributed by atoms with E-state index in [1.165, 1.54) is 18.9 Å². The Labute approximate surface area is 117 Å². The van der Waals surface area contributed by atoms with Crippen LogP contribution in [0.5, 0.6) is 0 Å². The average molecular weight is 282 g/mol. The highest BCUT2D eigenvalue weighted by atomic mass is 19.3. The molecule has 3 nitrogen and oxygen atoms in total. The second kappa shape index (κ2) is 5.76. The van der Waals surface area contributed by atoms with Crippen LogP contribution in [0.1, 0.15) is 36.4 Å². The van der Waals surface area contributed by atoms with Crippen molar-refractivity contribution in [1.29, 1.82) is 0 Å². The third kappa shape index (κ3) is 2.71. The lowest BCUT2D eigenvalue weighted by Crippen LogP contribution is -2.49. The molecule has 1 aliphatic carbocycles. The third-order valence-electron chi connectivity index (χ3n) is 4.14. The molecule has 2 aliphatic rings. The molecule has 5 heteroatoms. The van der Waals surface area contributed by atoms with Gasteiger partial charge < -0.3 is 10.5 Å². The first kappa shape index (κ1) is 13.9. The maximum absolute atomic E-state index is 12.9. The first-order valence-corrected chi connectivity index (χ1v) is 7.16. The fourth-order valence-corrected chi connectivity index (χ4v) is 3.05. The zero-order valence-electron chi connectivity index (χ0n) is 11.3. The Hall–Kier alpha value is -1.04. The summed E-state index contributed by atoms with van der Waals surface area (Å²) in [5.74, 6) is 0. The minimum atomic E-state index is -2.44. The Balaban J connectivity index is 1.91. The molecule has 2 fully saturated rings. The highest BCUT2D eigenvalue weighted by Crippen LogP contribution is 2.39. The van der Waals surface area contributed by atoms with Gasteiger partial charge in [-0.15, -0.1) is 0 Å². The molecule has 1 saturated carbocycles. The zero-order chi connectivity index (χ0) is 14.1. The predicted molar refractivity (Wildman–Crippen MR) is 72.7 cm³/mol. The normalized spacial score (nSPS) is 28.0. The van der Waals surface area contributed by atoms with Crippen LogP contribution in [0.3, 0.4) is 0 Å². The third-order valence-corrected chi connectivity index (χ3v) is 4.14. The summed E-state index contributed by atoms with van der Waals surface area (Å²) in [6.45, 7) is 1.93. The van der Waals surface area contributed by atoms with Crippen molar-refractivity contribution in [1.82, 2.24) is 4.90 Å². The van der Waals surface area contributed by atoms with E-state index < -0.39 is 6.43 Å². The number of ether oxygens (including phenoxy) is 1. The van der Waals surface area contributed by atoms with Crippen LogP contribution in [-0.4, -0.2) is 36.7 Å².